The zero-order valence-corrected chi connectivity index (χ0v) is 25.1. The van der Waals surface area contributed by atoms with Crippen molar-refractivity contribution in [1.29, 1.82) is 0 Å². The van der Waals surface area contributed by atoms with Crippen molar-refractivity contribution in [3.8, 4) is 57.1 Å². The lowest BCUT2D eigenvalue weighted by Crippen LogP contribution is -2.16. The Hall–Kier alpha value is -6.04. The lowest BCUT2D eigenvalue weighted by Gasteiger charge is -2.18. The molecule has 0 aromatic heterocycles. The van der Waals surface area contributed by atoms with E-state index in [9.17, 15) is 19.2 Å². The van der Waals surface area contributed by atoms with Gasteiger partial charge in [-0.25, -0.2) is 0 Å². The van der Waals surface area contributed by atoms with Gasteiger partial charge in [0.1, 0.15) is 11.5 Å². The molecule has 0 atom stereocenters. The number of carbonyl (C=O) groups excluding carboxylic acids is 4. The molecule has 2 heterocycles. The number of ketones is 4. The minimum absolute atomic E-state index is 0.00561. The van der Waals surface area contributed by atoms with Gasteiger partial charge in [0.25, 0.3) is 0 Å². The smallest absolute Gasteiger partial charge is 0.237 e. The molecule has 0 radical (unpaired) electrons. The van der Waals surface area contributed by atoms with Crippen LogP contribution >= 0.6 is 0 Å². The zero-order valence-electron chi connectivity index (χ0n) is 25.1. The molecule has 4 aromatic carbocycles. The second kappa shape index (κ2) is 12.2. The fourth-order valence-electron chi connectivity index (χ4n) is 5.27. The third-order valence-electron chi connectivity index (χ3n) is 7.46. The highest BCUT2D eigenvalue weighted by Crippen LogP contribution is 2.55. The summed E-state index contributed by atoms with van der Waals surface area (Å²) in [5.41, 5.74) is 0.309. The maximum absolute atomic E-state index is 13.8. The number of ether oxygens (including phenoxy) is 8. The second-order valence-electron chi connectivity index (χ2n) is 9.92. The first-order chi connectivity index (χ1) is 22.3. The molecule has 12 heteroatoms. The summed E-state index contributed by atoms with van der Waals surface area (Å²) in [5.74, 6) is -2.31. The van der Waals surface area contributed by atoms with E-state index in [4.69, 9.17) is 37.9 Å². The van der Waals surface area contributed by atoms with Crippen LogP contribution < -0.4 is 37.9 Å². The number of carbonyl (C=O) groups is 4. The molecule has 0 saturated heterocycles. The first kappa shape index (κ1) is 30.0. The molecular weight excluding hydrogens is 600 g/mol. The molecule has 2 aliphatic rings. The number of hydrogen-bond acceptors (Lipinski definition) is 12. The molecule has 0 spiro atoms. The lowest BCUT2D eigenvalue weighted by atomic mass is 9.91. The van der Waals surface area contributed by atoms with Gasteiger partial charge in [0.15, 0.2) is 23.0 Å². The number of fused-ring (bicyclic) bond motifs is 2. The van der Waals surface area contributed by atoms with E-state index in [1.807, 2.05) is 0 Å². The Labute approximate surface area is 262 Å². The molecule has 6 rings (SSSR count). The highest BCUT2D eigenvalue weighted by molar-refractivity contribution is 6.50. The van der Waals surface area contributed by atoms with E-state index in [-0.39, 0.29) is 81.5 Å². The highest BCUT2D eigenvalue weighted by Gasteiger charge is 2.37. The normalized spacial score (nSPS) is 12.3. The standard InChI is InChI=1S/C34H26O12/c1-39-19-9-5-7-17(11-19)25(35)27(37)23-13-21(29(41-3)33-31(23)43-15-45-33)22-14-24(32-34(30(22)42-4)46-16-44-32)28(38)26(36)18-8-6-10-20(12-18)40-2/h5-14H,15-16H2,1-4H3. The Balaban J connectivity index is 1.53. The van der Waals surface area contributed by atoms with Gasteiger partial charge in [-0.05, 0) is 36.4 Å². The molecule has 0 aliphatic carbocycles. The van der Waals surface area contributed by atoms with Crippen LogP contribution in [0.2, 0.25) is 0 Å². The summed E-state index contributed by atoms with van der Waals surface area (Å²) in [7, 11) is 5.64. The predicted octanol–water partition coefficient (Wildman–Crippen LogP) is 4.98. The SMILES string of the molecule is COc1cccc(C(=O)C(=O)c2cc(-c3cc(C(=O)C(=O)c4cccc(OC)c4)c4c(c3OC)OCO4)c(OC)c3c2OCO3)c1. The molecular formula is C34H26O12. The third kappa shape index (κ3) is 4.99. The Morgan fingerprint density at radius 2 is 0.891 bits per heavy atom. The van der Waals surface area contributed by atoms with Gasteiger partial charge in [0.05, 0.1) is 39.6 Å². The van der Waals surface area contributed by atoms with Crippen LogP contribution in [-0.2, 0) is 0 Å². The summed E-state index contributed by atoms with van der Waals surface area (Å²) in [6.07, 6.45) is 0. The van der Waals surface area contributed by atoms with Crippen molar-refractivity contribution in [2.75, 3.05) is 42.0 Å². The van der Waals surface area contributed by atoms with Gasteiger partial charge in [-0.1, -0.05) is 24.3 Å². The van der Waals surface area contributed by atoms with Gasteiger partial charge >= 0.3 is 0 Å². The van der Waals surface area contributed by atoms with E-state index in [1.165, 1.54) is 64.8 Å². The molecule has 0 bridgehead atoms. The number of rotatable bonds is 11. The average Bonchev–Trinajstić information content (AvgIpc) is 3.80. The quantitative estimate of drug-likeness (QED) is 0.164. The van der Waals surface area contributed by atoms with Crippen LogP contribution in [0, 0.1) is 0 Å². The lowest BCUT2D eigenvalue weighted by molar-refractivity contribution is 0.0814. The first-order valence-electron chi connectivity index (χ1n) is 13.8. The molecule has 4 aromatic rings. The van der Waals surface area contributed by atoms with Crippen molar-refractivity contribution in [2.45, 2.75) is 0 Å². The Kier molecular flexibility index (Phi) is 7.93. The van der Waals surface area contributed by atoms with Crippen molar-refractivity contribution < 1.29 is 57.1 Å². The maximum Gasteiger partial charge on any atom is 0.237 e. The molecule has 0 saturated carbocycles. The van der Waals surface area contributed by atoms with Gasteiger partial charge in [-0.3, -0.25) is 19.2 Å². The summed E-state index contributed by atoms with van der Waals surface area (Å²) in [4.78, 5) is 54.3. The summed E-state index contributed by atoms with van der Waals surface area (Å²) < 4.78 is 44.4. The molecule has 0 N–H and O–H groups in total. The van der Waals surface area contributed by atoms with Gasteiger partial charge < -0.3 is 37.9 Å². The molecule has 0 fully saturated rings. The van der Waals surface area contributed by atoms with Crippen molar-refractivity contribution in [3.63, 3.8) is 0 Å². The minimum Gasteiger partial charge on any atom is -0.497 e. The predicted molar refractivity (Wildman–Crippen MR) is 161 cm³/mol. The second-order valence-corrected chi connectivity index (χ2v) is 9.92. The fourth-order valence-corrected chi connectivity index (χ4v) is 5.27. The molecule has 2 aliphatic heterocycles. The Bertz CT molecular complexity index is 1790. The molecule has 12 nitrogen and oxygen atoms in total. The van der Waals surface area contributed by atoms with Crippen molar-refractivity contribution in [2.24, 2.45) is 0 Å². The van der Waals surface area contributed by atoms with Crippen LogP contribution in [0.25, 0.3) is 11.1 Å². The van der Waals surface area contributed by atoms with Gasteiger partial charge in [-0.2, -0.15) is 0 Å². The number of benzene rings is 4. The fraction of sp³-hybridized carbons (Fsp3) is 0.176. The minimum atomic E-state index is -0.900. The summed E-state index contributed by atoms with van der Waals surface area (Å²) >= 11 is 0. The number of hydrogen-bond donors (Lipinski definition) is 0. The van der Waals surface area contributed by atoms with E-state index in [0.717, 1.165) is 0 Å². The maximum atomic E-state index is 13.8. The monoisotopic (exact) mass is 626 g/mol. The topological polar surface area (TPSA) is 142 Å². The van der Waals surface area contributed by atoms with Crippen LogP contribution in [0.3, 0.4) is 0 Å². The third-order valence-corrected chi connectivity index (χ3v) is 7.46. The van der Waals surface area contributed by atoms with Crippen LogP contribution in [-0.4, -0.2) is 65.2 Å². The van der Waals surface area contributed by atoms with Crippen LogP contribution in [0.4, 0.5) is 0 Å². The van der Waals surface area contributed by atoms with Gasteiger partial charge in [0, 0.05) is 22.3 Å². The zero-order chi connectivity index (χ0) is 32.5. The first-order valence-corrected chi connectivity index (χ1v) is 13.8. The van der Waals surface area contributed by atoms with E-state index >= 15 is 0 Å². The Morgan fingerprint density at radius 1 is 0.500 bits per heavy atom. The number of Topliss-reactive ketones (excluding diaryl/α,β-unsaturated/α-hetero) is 4. The van der Waals surface area contributed by atoms with Crippen molar-refractivity contribution in [3.05, 3.63) is 82.9 Å². The van der Waals surface area contributed by atoms with E-state index in [0.29, 0.717) is 11.5 Å². The summed E-state index contributed by atoms with van der Waals surface area (Å²) in [5, 5.41) is 0. The highest BCUT2D eigenvalue weighted by atomic mass is 16.7. The van der Waals surface area contributed by atoms with Gasteiger partial charge in [-0.15, -0.1) is 0 Å². The van der Waals surface area contributed by atoms with E-state index in [2.05, 4.69) is 0 Å². The van der Waals surface area contributed by atoms with Crippen LogP contribution in [0.15, 0.2) is 60.7 Å². The van der Waals surface area contributed by atoms with Crippen LogP contribution in [0.5, 0.6) is 46.0 Å². The molecule has 0 unspecified atom stereocenters. The van der Waals surface area contributed by atoms with Crippen molar-refractivity contribution in [1.82, 2.24) is 0 Å². The largest absolute Gasteiger partial charge is 0.497 e. The van der Waals surface area contributed by atoms with Crippen molar-refractivity contribution >= 4 is 23.1 Å². The van der Waals surface area contributed by atoms with E-state index in [1.54, 1.807) is 24.3 Å². The summed E-state index contributed by atoms with van der Waals surface area (Å²) in [6, 6.07) is 15.1. The average molecular weight is 627 g/mol. The molecule has 0 amide bonds. The number of methoxy groups -OCH3 is 4. The van der Waals surface area contributed by atoms with Crippen LogP contribution in [0.1, 0.15) is 41.4 Å². The molecule has 234 valence electrons. The molecule has 46 heavy (non-hydrogen) atoms. The Morgan fingerprint density at radius 3 is 1.26 bits per heavy atom. The van der Waals surface area contributed by atoms with Gasteiger partial charge in [0.2, 0.25) is 48.2 Å². The summed E-state index contributed by atoms with van der Waals surface area (Å²) in [6.45, 7) is -0.500. The van der Waals surface area contributed by atoms with E-state index < -0.39 is 23.1 Å².